The predicted octanol–water partition coefficient (Wildman–Crippen LogP) is 2.82. The maximum Gasteiger partial charge on any atom is 0.0662 e. The number of aliphatic hydroxyl groups excluding tert-OH is 1. The fraction of sp³-hybridized carbons (Fsp3) is 0.438. The van der Waals surface area contributed by atoms with Crippen molar-refractivity contribution >= 4 is 0 Å². The molecule has 1 heterocycles. The van der Waals surface area contributed by atoms with Crippen molar-refractivity contribution in [1.82, 2.24) is 9.78 Å². The zero-order valence-corrected chi connectivity index (χ0v) is 12.1. The van der Waals surface area contributed by atoms with E-state index in [0.29, 0.717) is 0 Å². The fourth-order valence-corrected chi connectivity index (χ4v) is 2.67. The number of benzene rings is 1. The number of hydrogen-bond acceptors (Lipinski definition) is 2. The Morgan fingerprint density at radius 1 is 1.16 bits per heavy atom. The molecule has 102 valence electrons. The standard InChI is InChI=1S/C16H22N2O/c1-12-15(16(3,4)11-19)13(2)18(17-12)10-14-8-6-5-7-9-14/h5-9,19H,10-11H2,1-4H3. The highest BCUT2D eigenvalue weighted by atomic mass is 16.3. The third-order valence-corrected chi connectivity index (χ3v) is 3.63. The second-order valence-corrected chi connectivity index (χ2v) is 5.73. The minimum atomic E-state index is -0.247. The van der Waals surface area contributed by atoms with Gasteiger partial charge in [0.2, 0.25) is 0 Å². The molecule has 0 aliphatic heterocycles. The van der Waals surface area contributed by atoms with Gasteiger partial charge in [-0.25, -0.2) is 0 Å². The van der Waals surface area contributed by atoms with Crippen LogP contribution in [0.1, 0.15) is 36.4 Å². The van der Waals surface area contributed by atoms with Crippen molar-refractivity contribution in [3.8, 4) is 0 Å². The zero-order valence-electron chi connectivity index (χ0n) is 12.1. The van der Waals surface area contributed by atoms with Gasteiger partial charge in [-0.1, -0.05) is 44.2 Å². The lowest BCUT2D eigenvalue weighted by atomic mass is 9.84. The van der Waals surface area contributed by atoms with E-state index in [1.165, 1.54) is 5.56 Å². The molecular formula is C16H22N2O. The Morgan fingerprint density at radius 2 is 1.79 bits per heavy atom. The van der Waals surface area contributed by atoms with Crippen molar-refractivity contribution in [2.45, 2.75) is 39.7 Å². The van der Waals surface area contributed by atoms with Crippen LogP contribution in [0.25, 0.3) is 0 Å². The van der Waals surface area contributed by atoms with E-state index in [1.54, 1.807) is 0 Å². The molecule has 0 saturated carbocycles. The summed E-state index contributed by atoms with van der Waals surface area (Å²) in [6.45, 7) is 9.10. The van der Waals surface area contributed by atoms with Crippen molar-refractivity contribution in [1.29, 1.82) is 0 Å². The first-order valence-corrected chi connectivity index (χ1v) is 6.65. The predicted molar refractivity (Wildman–Crippen MR) is 77.4 cm³/mol. The van der Waals surface area contributed by atoms with Crippen LogP contribution in [0.4, 0.5) is 0 Å². The normalized spacial score (nSPS) is 11.8. The van der Waals surface area contributed by atoms with E-state index in [1.807, 2.05) is 29.8 Å². The van der Waals surface area contributed by atoms with Crippen molar-refractivity contribution in [2.75, 3.05) is 6.61 Å². The maximum absolute atomic E-state index is 9.56. The molecule has 0 aliphatic rings. The van der Waals surface area contributed by atoms with Crippen LogP contribution >= 0.6 is 0 Å². The first kappa shape index (κ1) is 13.8. The summed E-state index contributed by atoms with van der Waals surface area (Å²) in [5.41, 5.74) is 4.29. The number of aliphatic hydroxyl groups is 1. The van der Waals surface area contributed by atoms with E-state index in [4.69, 9.17) is 0 Å². The molecule has 0 fully saturated rings. The van der Waals surface area contributed by atoms with Gasteiger partial charge in [-0.15, -0.1) is 0 Å². The lowest BCUT2D eigenvalue weighted by molar-refractivity contribution is 0.217. The molecule has 19 heavy (non-hydrogen) atoms. The number of nitrogens with zero attached hydrogens (tertiary/aromatic N) is 2. The van der Waals surface area contributed by atoms with Crippen LogP contribution in [0.5, 0.6) is 0 Å². The maximum atomic E-state index is 9.56. The Labute approximate surface area is 114 Å². The van der Waals surface area contributed by atoms with Gasteiger partial charge in [-0.05, 0) is 19.4 Å². The number of aromatic nitrogens is 2. The van der Waals surface area contributed by atoms with E-state index in [9.17, 15) is 5.11 Å². The van der Waals surface area contributed by atoms with Crippen LogP contribution in [-0.2, 0) is 12.0 Å². The fourth-order valence-electron chi connectivity index (χ4n) is 2.67. The molecule has 0 bridgehead atoms. The van der Waals surface area contributed by atoms with Gasteiger partial charge >= 0.3 is 0 Å². The van der Waals surface area contributed by atoms with E-state index in [-0.39, 0.29) is 12.0 Å². The van der Waals surface area contributed by atoms with Crippen LogP contribution in [0.3, 0.4) is 0 Å². The van der Waals surface area contributed by atoms with Gasteiger partial charge in [-0.3, -0.25) is 4.68 Å². The summed E-state index contributed by atoms with van der Waals surface area (Å²) in [5.74, 6) is 0. The molecule has 3 heteroatoms. The SMILES string of the molecule is Cc1nn(Cc2ccccc2)c(C)c1C(C)(C)CO. The minimum Gasteiger partial charge on any atom is -0.395 e. The molecule has 1 N–H and O–H groups in total. The average Bonchev–Trinajstić information content (AvgIpc) is 2.66. The highest BCUT2D eigenvalue weighted by Gasteiger charge is 2.27. The Kier molecular flexibility index (Phi) is 3.76. The van der Waals surface area contributed by atoms with Crippen LogP contribution in [0.15, 0.2) is 30.3 Å². The van der Waals surface area contributed by atoms with Crippen LogP contribution in [0.2, 0.25) is 0 Å². The lowest BCUT2D eigenvalue weighted by Crippen LogP contribution is -2.24. The van der Waals surface area contributed by atoms with Gasteiger partial charge in [0.25, 0.3) is 0 Å². The Bertz CT molecular complexity index is 556. The Morgan fingerprint density at radius 3 is 2.37 bits per heavy atom. The van der Waals surface area contributed by atoms with Gasteiger partial charge in [0, 0.05) is 16.7 Å². The monoisotopic (exact) mass is 258 g/mol. The molecule has 0 atom stereocenters. The topological polar surface area (TPSA) is 38.0 Å². The minimum absolute atomic E-state index is 0.131. The summed E-state index contributed by atoms with van der Waals surface area (Å²) in [6, 6.07) is 10.3. The average molecular weight is 258 g/mol. The van der Waals surface area contributed by atoms with Gasteiger partial charge in [0.1, 0.15) is 0 Å². The third-order valence-electron chi connectivity index (χ3n) is 3.63. The summed E-state index contributed by atoms with van der Waals surface area (Å²) in [4.78, 5) is 0. The highest BCUT2D eigenvalue weighted by Crippen LogP contribution is 2.28. The smallest absolute Gasteiger partial charge is 0.0662 e. The molecule has 0 saturated heterocycles. The molecule has 2 rings (SSSR count). The van der Waals surface area contributed by atoms with Crippen molar-refractivity contribution < 1.29 is 5.11 Å². The van der Waals surface area contributed by atoms with E-state index >= 15 is 0 Å². The van der Waals surface area contributed by atoms with Gasteiger partial charge in [0.05, 0.1) is 18.8 Å². The molecule has 3 nitrogen and oxygen atoms in total. The number of hydrogen-bond donors (Lipinski definition) is 1. The van der Waals surface area contributed by atoms with Crippen LogP contribution in [0, 0.1) is 13.8 Å². The number of rotatable bonds is 4. The summed E-state index contributed by atoms with van der Waals surface area (Å²) in [5, 5.41) is 14.2. The van der Waals surface area contributed by atoms with E-state index < -0.39 is 0 Å². The summed E-state index contributed by atoms with van der Waals surface area (Å²) in [7, 11) is 0. The molecule has 0 amide bonds. The van der Waals surface area contributed by atoms with Crippen molar-refractivity contribution in [3.63, 3.8) is 0 Å². The van der Waals surface area contributed by atoms with Crippen LogP contribution < -0.4 is 0 Å². The van der Waals surface area contributed by atoms with E-state index in [0.717, 1.165) is 23.5 Å². The van der Waals surface area contributed by atoms with E-state index in [2.05, 4.69) is 38.0 Å². The van der Waals surface area contributed by atoms with Gasteiger partial charge in [-0.2, -0.15) is 5.10 Å². The Hall–Kier alpha value is -1.61. The molecular weight excluding hydrogens is 236 g/mol. The van der Waals surface area contributed by atoms with Crippen molar-refractivity contribution in [3.05, 3.63) is 52.8 Å². The molecule has 0 radical (unpaired) electrons. The molecule has 0 spiro atoms. The first-order valence-electron chi connectivity index (χ1n) is 6.65. The highest BCUT2D eigenvalue weighted by molar-refractivity contribution is 5.33. The molecule has 1 aromatic heterocycles. The summed E-state index contributed by atoms with van der Waals surface area (Å²) in [6.07, 6.45) is 0. The van der Waals surface area contributed by atoms with Crippen molar-refractivity contribution in [2.24, 2.45) is 0 Å². The zero-order chi connectivity index (χ0) is 14.0. The largest absolute Gasteiger partial charge is 0.395 e. The second kappa shape index (κ2) is 5.17. The second-order valence-electron chi connectivity index (χ2n) is 5.73. The summed E-state index contributed by atoms with van der Waals surface area (Å²) >= 11 is 0. The molecule has 0 aliphatic carbocycles. The Balaban J connectivity index is 2.37. The molecule has 1 aromatic carbocycles. The summed E-state index contributed by atoms with van der Waals surface area (Å²) < 4.78 is 2.03. The van der Waals surface area contributed by atoms with Gasteiger partial charge < -0.3 is 5.11 Å². The first-order chi connectivity index (χ1) is 8.95. The lowest BCUT2D eigenvalue weighted by Gasteiger charge is -2.22. The quantitative estimate of drug-likeness (QED) is 0.915. The number of aryl methyl sites for hydroxylation is 1. The molecule has 2 aromatic rings. The third kappa shape index (κ3) is 2.71. The van der Waals surface area contributed by atoms with Gasteiger partial charge in [0.15, 0.2) is 0 Å². The van der Waals surface area contributed by atoms with Crippen LogP contribution in [-0.4, -0.2) is 21.5 Å². The molecule has 0 unspecified atom stereocenters.